The van der Waals surface area contributed by atoms with Crippen LogP contribution >= 0.6 is 0 Å². The normalized spacial score (nSPS) is 12.5. The van der Waals surface area contributed by atoms with E-state index in [4.69, 9.17) is 19.8 Å². The Bertz CT molecular complexity index is 352. The lowest BCUT2D eigenvalue weighted by atomic mass is 10.0. The third kappa shape index (κ3) is 3.61. The second kappa shape index (κ2) is 5.75. The molecule has 2 rings (SSSR count). The molecule has 1 aliphatic rings. The van der Waals surface area contributed by atoms with E-state index in [1.807, 2.05) is 0 Å². The number of rotatable bonds is 0. The van der Waals surface area contributed by atoms with Crippen LogP contribution in [0.5, 0.6) is 0 Å². The number of benzene rings is 1. The molecule has 0 amide bonds. The van der Waals surface area contributed by atoms with Gasteiger partial charge in [0, 0.05) is 12.2 Å². The second-order valence-electron chi connectivity index (χ2n) is 3.30. The summed E-state index contributed by atoms with van der Waals surface area (Å²) in [4.78, 5) is 18.2. The van der Waals surface area contributed by atoms with E-state index in [-0.39, 0.29) is 0 Å². The quantitative estimate of drug-likeness (QED) is 0.575. The van der Waals surface area contributed by atoms with Gasteiger partial charge in [-0.15, -0.1) is 0 Å². The van der Waals surface area contributed by atoms with Crippen LogP contribution in [-0.2, 0) is 16.0 Å². The first kappa shape index (κ1) is 12.0. The Balaban J connectivity index is 0.000000187. The molecule has 0 unspecified atom stereocenters. The highest BCUT2D eigenvalue weighted by Crippen LogP contribution is 2.19. The molecule has 1 aromatic carbocycles. The molecule has 0 fully saturated rings. The molecule has 0 bridgehead atoms. The standard InChI is InChI=1S/C9H11N.C2H2O4/c1-2-6-9-8(4-1)5-3-7-10-9;3-1(4)2(5)6/h1-2,4,6,10H,3,5,7H2;(H,3,4)(H,5,6). The van der Waals surface area contributed by atoms with Crippen LogP contribution in [0.15, 0.2) is 24.3 Å². The van der Waals surface area contributed by atoms with E-state index in [1.54, 1.807) is 0 Å². The van der Waals surface area contributed by atoms with Crippen LogP contribution in [0, 0.1) is 0 Å². The lowest BCUT2D eigenvalue weighted by Gasteiger charge is -2.16. The largest absolute Gasteiger partial charge is 0.473 e. The molecule has 1 heterocycles. The number of carbonyl (C=O) groups is 2. The predicted octanol–water partition coefficient (Wildman–Crippen LogP) is 1.20. The summed E-state index contributed by atoms with van der Waals surface area (Å²) in [6, 6.07) is 8.53. The van der Waals surface area contributed by atoms with Gasteiger partial charge in [-0.1, -0.05) is 18.2 Å². The van der Waals surface area contributed by atoms with E-state index >= 15 is 0 Å². The lowest BCUT2D eigenvalue weighted by molar-refractivity contribution is -0.159. The minimum atomic E-state index is -1.82. The average molecular weight is 223 g/mol. The molecule has 5 nitrogen and oxygen atoms in total. The first-order valence-corrected chi connectivity index (χ1v) is 4.89. The Morgan fingerprint density at radius 3 is 2.31 bits per heavy atom. The summed E-state index contributed by atoms with van der Waals surface area (Å²) in [7, 11) is 0. The van der Waals surface area contributed by atoms with E-state index in [0.29, 0.717) is 0 Å². The smallest absolute Gasteiger partial charge is 0.414 e. The highest BCUT2D eigenvalue weighted by molar-refractivity contribution is 6.27. The Labute approximate surface area is 92.7 Å². The van der Waals surface area contributed by atoms with Gasteiger partial charge in [-0.05, 0) is 24.5 Å². The maximum atomic E-state index is 9.10. The summed E-state index contributed by atoms with van der Waals surface area (Å²) in [5.41, 5.74) is 2.79. The Morgan fingerprint density at radius 1 is 1.12 bits per heavy atom. The van der Waals surface area contributed by atoms with Gasteiger partial charge in [0.05, 0.1) is 0 Å². The maximum Gasteiger partial charge on any atom is 0.414 e. The summed E-state index contributed by atoms with van der Waals surface area (Å²) >= 11 is 0. The molecule has 0 aliphatic carbocycles. The van der Waals surface area contributed by atoms with Gasteiger partial charge in [-0.2, -0.15) is 0 Å². The SMILES string of the molecule is O=C(O)C(=O)O.c1ccc2c(c1)CCCN2. The third-order valence-electron chi connectivity index (χ3n) is 2.14. The van der Waals surface area contributed by atoms with Crippen molar-refractivity contribution in [3.63, 3.8) is 0 Å². The molecule has 0 aromatic heterocycles. The summed E-state index contributed by atoms with van der Waals surface area (Å²) in [5, 5.41) is 18.1. The van der Waals surface area contributed by atoms with Gasteiger partial charge in [0.2, 0.25) is 0 Å². The molecular weight excluding hydrogens is 210 g/mol. The van der Waals surface area contributed by atoms with E-state index < -0.39 is 11.9 Å². The number of nitrogens with one attached hydrogen (secondary N) is 1. The van der Waals surface area contributed by atoms with Gasteiger partial charge in [0.25, 0.3) is 0 Å². The third-order valence-corrected chi connectivity index (χ3v) is 2.14. The molecule has 16 heavy (non-hydrogen) atoms. The number of hydrogen-bond donors (Lipinski definition) is 3. The number of carboxylic acid groups (broad SMARTS) is 2. The van der Waals surface area contributed by atoms with Gasteiger partial charge in [0.1, 0.15) is 0 Å². The van der Waals surface area contributed by atoms with Crippen LogP contribution in [0.2, 0.25) is 0 Å². The van der Waals surface area contributed by atoms with Gasteiger partial charge >= 0.3 is 11.9 Å². The van der Waals surface area contributed by atoms with Crippen LogP contribution in [0.4, 0.5) is 5.69 Å². The topological polar surface area (TPSA) is 86.6 Å². The number of anilines is 1. The number of carboxylic acids is 2. The van der Waals surface area contributed by atoms with E-state index in [2.05, 4.69) is 29.6 Å². The molecule has 3 N–H and O–H groups in total. The molecule has 0 saturated heterocycles. The molecule has 0 radical (unpaired) electrons. The summed E-state index contributed by atoms with van der Waals surface area (Å²) in [6.45, 7) is 1.14. The van der Waals surface area contributed by atoms with E-state index in [1.165, 1.54) is 24.1 Å². The highest BCUT2D eigenvalue weighted by atomic mass is 16.4. The zero-order valence-corrected chi connectivity index (χ0v) is 8.64. The minimum Gasteiger partial charge on any atom is -0.473 e. The Hall–Kier alpha value is -2.04. The summed E-state index contributed by atoms with van der Waals surface area (Å²) in [6.07, 6.45) is 2.51. The molecule has 5 heteroatoms. The first-order chi connectivity index (χ1) is 7.61. The number of aliphatic carboxylic acids is 2. The van der Waals surface area contributed by atoms with Gasteiger partial charge < -0.3 is 15.5 Å². The number of para-hydroxylation sites is 1. The molecule has 0 saturated carbocycles. The highest BCUT2D eigenvalue weighted by Gasteiger charge is 2.05. The Morgan fingerprint density at radius 2 is 1.75 bits per heavy atom. The first-order valence-electron chi connectivity index (χ1n) is 4.89. The van der Waals surface area contributed by atoms with Gasteiger partial charge in [0.15, 0.2) is 0 Å². The van der Waals surface area contributed by atoms with Crippen LogP contribution in [0.3, 0.4) is 0 Å². The van der Waals surface area contributed by atoms with Crippen molar-refractivity contribution >= 4 is 17.6 Å². The molecular formula is C11H13NO4. The van der Waals surface area contributed by atoms with Crippen LogP contribution in [-0.4, -0.2) is 28.7 Å². The molecule has 1 aliphatic heterocycles. The fraction of sp³-hybridized carbons (Fsp3) is 0.273. The summed E-state index contributed by atoms with van der Waals surface area (Å²) in [5.74, 6) is -3.65. The van der Waals surface area contributed by atoms with Crippen LogP contribution in [0.1, 0.15) is 12.0 Å². The average Bonchev–Trinajstić information content (AvgIpc) is 2.30. The van der Waals surface area contributed by atoms with Crippen molar-refractivity contribution in [2.45, 2.75) is 12.8 Å². The maximum absolute atomic E-state index is 9.10. The van der Waals surface area contributed by atoms with Crippen molar-refractivity contribution in [2.24, 2.45) is 0 Å². The molecule has 1 aromatic rings. The molecule has 0 spiro atoms. The summed E-state index contributed by atoms with van der Waals surface area (Å²) < 4.78 is 0. The fourth-order valence-electron chi connectivity index (χ4n) is 1.41. The van der Waals surface area contributed by atoms with Crippen LogP contribution in [0.25, 0.3) is 0 Å². The van der Waals surface area contributed by atoms with E-state index in [9.17, 15) is 0 Å². The van der Waals surface area contributed by atoms with Gasteiger partial charge in [-0.25, -0.2) is 9.59 Å². The zero-order valence-electron chi connectivity index (χ0n) is 8.64. The minimum absolute atomic E-state index is 1.14. The predicted molar refractivity (Wildman–Crippen MR) is 58.5 cm³/mol. The van der Waals surface area contributed by atoms with Crippen molar-refractivity contribution in [1.29, 1.82) is 0 Å². The fourth-order valence-corrected chi connectivity index (χ4v) is 1.41. The molecule has 86 valence electrons. The van der Waals surface area contributed by atoms with Crippen molar-refractivity contribution in [1.82, 2.24) is 0 Å². The van der Waals surface area contributed by atoms with Crippen molar-refractivity contribution in [2.75, 3.05) is 11.9 Å². The van der Waals surface area contributed by atoms with Crippen molar-refractivity contribution in [3.8, 4) is 0 Å². The van der Waals surface area contributed by atoms with Crippen LogP contribution < -0.4 is 5.32 Å². The zero-order chi connectivity index (χ0) is 12.0. The van der Waals surface area contributed by atoms with Gasteiger partial charge in [-0.3, -0.25) is 0 Å². The monoisotopic (exact) mass is 223 g/mol. The second-order valence-corrected chi connectivity index (χ2v) is 3.30. The number of fused-ring (bicyclic) bond motifs is 1. The Kier molecular flexibility index (Phi) is 4.32. The van der Waals surface area contributed by atoms with Crippen molar-refractivity contribution < 1.29 is 19.8 Å². The number of hydrogen-bond acceptors (Lipinski definition) is 3. The van der Waals surface area contributed by atoms with Crippen molar-refractivity contribution in [3.05, 3.63) is 29.8 Å². The number of aryl methyl sites for hydroxylation is 1. The molecule has 0 atom stereocenters. The lowest BCUT2D eigenvalue weighted by Crippen LogP contribution is -2.10. The van der Waals surface area contributed by atoms with E-state index in [0.717, 1.165) is 6.54 Å².